The van der Waals surface area contributed by atoms with Gasteiger partial charge in [0, 0.05) is 29.8 Å². The first-order chi connectivity index (χ1) is 11.2. The van der Waals surface area contributed by atoms with Crippen molar-refractivity contribution in [3.8, 4) is 0 Å². The number of methoxy groups -OCH3 is 1. The average Bonchev–Trinajstić information content (AvgIpc) is 2.93. The van der Waals surface area contributed by atoms with Gasteiger partial charge < -0.3 is 13.9 Å². The lowest BCUT2D eigenvalue weighted by atomic mass is 10.1. The van der Waals surface area contributed by atoms with Crippen LogP contribution in [0.2, 0.25) is 5.15 Å². The summed E-state index contributed by atoms with van der Waals surface area (Å²) in [7, 11) is 1.57. The molecule has 0 saturated heterocycles. The van der Waals surface area contributed by atoms with Crippen LogP contribution >= 0.6 is 11.6 Å². The third-order valence-electron chi connectivity index (χ3n) is 3.33. The van der Waals surface area contributed by atoms with Crippen LogP contribution in [0.1, 0.15) is 21.7 Å². The Bertz CT molecular complexity index is 826. The van der Waals surface area contributed by atoms with E-state index in [0.717, 1.165) is 10.9 Å². The molecule has 5 nitrogen and oxygen atoms in total. The predicted octanol–water partition coefficient (Wildman–Crippen LogP) is 3.98. The fourth-order valence-electron chi connectivity index (χ4n) is 2.26. The van der Waals surface area contributed by atoms with Crippen molar-refractivity contribution in [2.45, 2.75) is 13.2 Å². The summed E-state index contributed by atoms with van der Waals surface area (Å²) in [5.74, 6) is -0.377. The summed E-state index contributed by atoms with van der Waals surface area (Å²) in [5.41, 5.74) is 2.05. The number of esters is 1. The van der Waals surface area contributed by atoms with Gasteiger partial charge in [0.1, 0.15) is 17.3 Å². The average molecular weight is 332 g/mol. The van der Waals surface area contributed by atoms with Crippen molar-refractivity contribution in [2.24, 2.45) is 0 Å². The summed E-state index contributed by atoms with van der Waals surface area (Å²) in [6.45, 7) is 0.358. The van der Waals surface area contributed by atoms with Crippen molar-refractivity contribution in [1.82, 2.24) is 4.98 Å². The number of carbonyl (C=O) groups is 1. The van der Waals surface area contributed by atoms with Crippen molar-refractivity contribution < 1.29 is 18.7 Å². The maximum Gasteiger partial charge on any atom is 0.374 e. The molecule has 0 N–H and O–H groups in total. The molecule has 0 bridgehead atoms. The molecule has 3 rings (SSSR count). The Hall–Kier alpha value is -2.37. The molecule has 0 spiro atoms. The van der Waals surface area contributed by atoms with Gasteiger partial charge >= 0.3 is 5.97 Å². The topological polar surface area (TPSA) is 61.6 Å². The first-order valence-corrected chi connectivity index (χ1v) is 7.33. The zero-order valence-corrected chi connectivity index (χ0v) is 13.2. The number of nitrogens with zero attached hydrogens (tertiary/aromatic N) is 1. The van der Waals surface area contributed by atoms with Crippen LogP contribution in [-0.4, -0.2) is 18.1 Å². The third kappa shape index (κ3) is 3.36. The smallest absolute Gasteiger partial charge is 0.374 e. The molecule has 0 aliphatic heterocycles. The molecule has 0 amide bonds. The van der Waals surface area contributed by atoms with Crippen LogP contribution in [-0.2, 0) is 22.7 Å². The molecule has 1 aromatic carbocycles. The fraction of sp³-hybridized carbons (Fsp3) is 0.176. The van der Waals surface area contributed by atoms with E-state index in [-0.39, 0.29) is 19.0 Å². The highest BCUT2D eigenvalue weighted by molar-refractivity contribution is 6.29. The number of pyridine rings is 1. The molecule has 2 aromatic heterocycles. The maximum absolute atomic E-state index is 12.3. The van der Waals surface area contributed by atoms with Crippen molar-refractivity contribution in [3.63, 3.8) is 0 Å². The van der Waals surface area contributed by atoms with Gasteiger partial charge in [0.05, 0.1) is 6.61 Å². The number of aromatic nitrogens is 1. The number of ether oxygens (including phenoxy) is 2. The minimum atomic E-state index is -0.539. The Morgan fingerprint density at radius 2 is 2.04 bits per heavy atom. The van der Waals surface area contributed by atoms with Gasteiger partial charge in [-0.05, 0) is 12.1 Å². The van der Waals surface area contributed by atoms with Gasteiger partial charge in [0.15, 0.2) is 0 Å². The van der Waals surface area contributed by atoms with E-state index in [0.29, 0.717) is 16.3 Å². The molecule has 0 atom stereocenters. The SMILES string of the molecule is COCc1c(C(=O)OCc2ccc(Cl)nc2)oc2ccccc12. The lowest BCUT2D eigenvalue weighted by molar-refractivity contribution is 0.0432. The second kappa shape index (κ2) is 6.81. The largest absolute Gasteiger partial charge is 0.455 e. The van der Waals surface area contributed by atoms with E-state index in [1.807, 2.05) is 18.2 Å². The van der Waals surface area contributed by atoms with Gasteiger partial charge in [-0.2, -0.15) is 0 Å². The van der Waals surface area contributed by atoms with Gasteiger partial charge in [0.25, 0.3) is 0 Å². The molecular weight excluding hydrogens is 318 g/mol. The zero-order valence-electron chi connectivity index (χ0n) is 12.4. The standard InChI is InChI=1S/C17H14ClNO4/c1-21-10-13-12-4-2-3-5-14(12)23-16(13)17(20)22-9-11-6-7-15(18)19-8-11/h2-8H,9-10H2,1H3. The third-order valence-corrected chi connectivity index (χ3v) is 3.55. The summed E-state index contributed by atoms with van der Waals surface area (Å²) in [5, 5.41) is 1.23. The Balaban J connectivity index is 1.82. The van der Waals surface area contributed by atoms with Crippen LogP contribution in [0.15, 0.2) is 47.0 Å². The van der Waals surface area contributed by atoms with Crippen molar-refractivity contribution in [3.05, 3.63) is 64.6 Å². The first kappa shape index (κ1) is 15.5. The number of carbonyl (C=O) groups excluding carboxylic acids is 1. The minimum absolute atomic E-state index is 0.0898. The van der Waals surface area contributed by atoms with Crippen LogP contribution in [0, 0.1) is 0 Å². The van der Waals surface area contributed by atoms with Gasteiger partial charge in [-0.25, -0.2) is 9.78 Å². The molecule has 0 radical (unpaired) electrons. The van der Waals surface area contributed by atoms with Gasteiger partial charge in [-0.3, -0.25) is 0 Å². The highest BCUT2D eigenvalue weighted by atomic mass is 35.5. The molecule has 0 fully saturated rings. The molecule has 23 heavy (non-hydrogen) atoms. The number of rotatable bonds is 5. The van der Waals surface area contributed by atoms with Crippen LogP contribution in [0.3, 0.4) is 0 Å². The first-order valence-electron chi connectivity index (χ1n) is 6.96. The zero-order chi connectivity index (χ0) is 16.2. The number of halogens is 1. The summed E-state index contributed by atoms with van der Waals surface area (Å²) in [6, 6.07) is 10.8. The van der Waals surface area contributed by atoms with E-state index < -0.39 is 5.97 Å². The maximum atomic E-state index is 12.3. The van der Waals surface area contributed by atoms with Gasteiger partial charge in [-0.1, -0.05) is 35.9 Å². The second-order valence-corrected chi connectivity index (χ2v) is 5.29. The Labute approximate surface area is 137 Å². The monoisotopic (exact) mass is 331 g/mol. The molecule has 0 saturated carbocycles. The molecule has 2 heterocycles. The minimum Gasteiger partial charge on any atom is -0.455 e. The lowest BCUT2D eigenvalue weighted by Gasteiger charge is -2.05. The van der Waals surface area contributed by atoms with E-state index in [4.69, 9.17) is 25.5 Å². The summed E-state index contributed by atoms with van der Waals surface area (Å²) < 4.78 is 16.1. The summed E-state index contributed by atoms with van der Waals surface area (Å²) in [4.78, 5) is 16.3. The van der Waals surface area contributed by atoms with Crippen molar-refractivity contribution >= 4 is 28.5 Å². The summed E-state index contributed by atoms with van der Waals surface area (Å²) >= 11 is 5.72. The highest BCUT2D eigenvalue weighted by Gasteiger charge is 2.21. The van der Waals surface area contributed by atoms with Crippen molar-refractivity contribution in [1.29, 1.82) is 0 Å². The highest BCUT2D eigenvalue weighted by Crippen LogP contribution is 2.27. The number of hydrogen-bond acceptors (Lipinski definition) is 5. The quantitative estimate of drug-likeness (QED) is 0.522. The molecule has 6 heteroatoms. The Morgan fingerprint density at radius 3 is 2.78 bits per heavy atom. The number of hydrogen-bond donors (Lipinski definition) is 0. The number of fused-ring (bicyclic) bond motifs is 1. The predicted molar refractivity (Wildman–Crippen MR) is 85.3 cm³/mol. The van der Waals surface area contributed by atoms with Crippen LogP contribution in [0.4, 0.5) is 0 Å². The van der Waals surface area contributed by atoms with E-state index >= 15 is 0 Å². The van der Waals surface area contributed by atoms with Crippen LogP contribution in [0.25, 0.3) is 11.0 Å². The van der Waals surface area contributed by atoms with E-state index in [9.17, 15) is 4.79 Å². The van der Waals surface area contributed by atoms with Crippen LogP contribution < -0.4 is 0 Å². The summed E-state index contributed by atoms with van der Waals surface area (Å²) in [6.07, 6.45) is 1.56. The second-order valence-electron chi connectivity index (χ2n) is 4.90. The lowest BCUT2D eigenvalue weighted by Crippen LogP contribution is -2.07. The van der Waals surface area contributed by atoms with Crippen molar-refractivity contribution in [2.75, 3.05) is 7.11 Å². The van der Waals surface area contributed by atoms with E-state index in [1.54, 1.807) is 31.5 Å². The molecule has 118 valence electrons. The van der Waals surface area contributed by atoms with Gasteiger partial charge in [-0.15, -0.1) is 0 Å². The molecule has 0 unspecified atom stereocenters. The molecule has 3 aromatic rings. The number of furan rings is 1. The van der Waals surface area contributed by atoms with E-state index in [1.165, 1.54) is 0 Å². The Morgan fingerprint density at radius 1 is 1.22 bits per heavy atom. The molecular formula is C17H14ClNO4. The number of benzene rings is 1. The fourth-order valence-corrected chi connectivity index (χ4v) is 2.37. The van der Waals surface area contributed by atoms with Gasteiger partial charge in [0.2, 0.25) is 5.76 Å². The Kier molecular flexibility index (Phi) is 4.60. The molecule has 0 aliphatic rings. The van der Waals surface area contributed by atoms with E-state index in [2.05, 4.69) is 4.98 Å². The van der Waals surface area contributed by atoms with Crippen LogP contribution in [0.5, 0.6) is 0 Å². The molecule has 0 aliphatic carbocycles. The normalized spacial score (nSPS) is 10.9. The number of para-hydroxylation sites is 1.